The number of hydrogen-bond acceptors (Lipinski definition) is 3. The predicted octanol–water partition coefficient (Wildman–Crippen LogP) is 2.49. The molecule has 0 fully saturated rings. The summed E-state index contributed by atoms with van der Waals surface area (Å²) in [6.07, 6.45) is 0. The lowest BCUT2D eigenvalue weighted by Gasteiger charge is -2.21. The summed E-state index contributed by atoms with van der Waals surface area (Å²) in [4.78, 5) is 26.0. The second-order valence-electron chi connectivity index (χ2n) is 4.98. The van der Waals surface area contributed by atoms with Gasteiger partial charge in [-0.05, 0) is 39.0 Å². The number of carbonyl (C=O) groups excluding carboxylic acids is 1. The first-order chi connectivity index (χ1) is 10.0. The minimum Gasteiger partial charge on any atom is -0.307 e. The smallest absolute Gasteiger partial charge is 0.278 e. The molecule has 0 bridgehead atoms. The van der Waals surface area contributed by atoms with E-state index in [0.717, 1.165) is 5.69 Å². The monoisotopic (exact) mass is 285 g/mol. The van der Waals surface area contributed by atoms with Gasteiger partial charge in [0.2, 0.25) is 0 Å². The van der Waals surface area contributed by atoms with E-state index in [4.69, 9.17) is 0 Å². The molecule has 2 rings (SSSR count). The van der Waals surface area contributed by atoms with Crippen molar-refractivity contribution < 1.29 is 4.79 Å². The van der Waals surface area contributed by atoms with Crippen LogP contribution in [0.4, 0.5) is 5.69 Å². The lowest BCUT2D eigenvalue weighted by atomic mass is 10.2. The number of aromatic nitrogens is 2. The summed E-state index contributed by atoms with van der Waals surface area (Å²) in [5.41, 5.74) is 0.882. The molecule has 0 saturated heterocycles. The Morgan fingerprint density at radius 2 is 1.86 bits per heavy atom. The number of nitrogens with zero attached hydrogens (tertiary/aromatic N) is 3. The Bertz CT molecular complexity index is 677. The maximum Gasteiger partial charge on any atom is 0.278 e. The van der Waals surface area contributed by atoms with E-state index in [0.29, 0.717) is 6.54 Å². The molecule has 21 heavy (non-hydrogen) atoms. The van der Waals surface area contributed by atoms with E-state index in [-0.39, 0.29) is 23.2 Å². The highest BCUT2D eigenvalue weighted by Gasteiger charge is 2.18. The van der Waals surface area contributed by atoms with Crippen LogP contribution in [0.3, 0.4) is 0 Å². The molecule has 2 aromatic rings. The maximum absolute atomic E-state index is 12.6. The van der Waals surface area contributed by atoms with Gasteiger partial charge in [-0.25, -0.2) is 4.68 Å². The topological polar surface area (TPSA) is 55.2 Å². The van der Waals surface area contributed by atoms with Crippen molar-refractivity contribution in [1.29, 1.82) is 0 Å². The average Bonchev–Trinajstić information content (AvgIpc) is 2.49. The average molecular weight is 285 g/mol. The van der Waals surface area contributed by atoms with E-state index in [2.05, 4.69) is 5.10 Å². The number of anilines is 1. The van der Waals surface area contributed by atoms with Crippen LogP contribution in [0.25, 0.3) is 0 Å². The fraction of sp³-hybridized carbons (Fsp3) is 0.312. The summed E-state index contributed by atoms with van der Waals surface area (Å²) < 4.78 is 1.33. The molecule has 0 aliphatic rings. The summed E-state index contributed by atoms with van der Waals surface area (Å²) in [6, 6.07) is 12.2. The number of para-hydroxylation sites is 1. The number of amides is 1. The molecule has 0 spiro atoms. The molecule has 0 saturated carbocycles. The summed E-state index contributed by atoms with van der Waals surface area (Å²) >= 11 is 0. The van der Waals surface area contributed by atoms with Crippen LogP contribution >= 0.6 is 0 Å². The van der Waals surface area contributed by atoms with Crippen molar-refractivity contribution in [3.8, 4) is 0 Å². The van der Waals surface area contributed by atoms with Gasteiger partial charge < -0.3 is 4.90 Å². The third kappa shape index (κ3) is 3.18. The van der Waals surface area contributed by atoms with Crippen LogP contribution in [0, 0.1) is 0 Å². The van der Waals surface area contributed by atoms with Crippen LogP contribution in [0.15, 0.2) is 47.3 Å². The van der Waals surface area contributed by atoms with Gasteiger partial charge >= 0.3 is 0 Å². The number of hydrogen-bond donors (Lipinski definition) is 0. The molecular formula is C16H19N3O2. The maximum atomic E-state index is 12.6. The molecule has 110 valence electrons. The largest absolute Gasteiger partial charge is 0.307 e. The van der Waals surface area contributed by atoms with Crippen LogP contribution in [0.2, 0.25) is 0 Å². The van der Waals surface area contributed by atoms with Crippen molar-refractivity contribution in [2.45, 2.75) is 26.8 Å². The number of carbonyl (C=O) groups is 1. The van der Waals surface area contributed by atoms with Gasteiger partial charge in [0.15, 0.2) is 0 Å². The highest BCUT2D eigenvalue weighted by Crippen LogP contribution is 2.15. The predicted molar refractivity (Wildman–Crippen MR) is 82.7 cm³/mol. The molecule has 5 nitrogen and oxygen atoms in total. The highest BCUT2D eigenvalue weighted by atomic mass is 16.2. The van der Waals surface area contributed by atoms with E-state index in [9.17, 15) is 9.59 Å². The van der Waals surface area contributed by atoms with Crippen LogP contribution in [-0.4, -0.2) is 22.2 Å². The molecule has 0 unspecified atom stereocenters. The third-order valence-corrected chi connectivity index (χ3v) is 3.16. The first-order valence-electron chi connectivity index (χ1n) is 7.01. The lowest BCUT2D eigenvalue weighted by molar-refractivity contribution is 0.0980. The summed E-state index contributed by atoms with van der Waals surface area (Å²) in [7, 11) is 0. The van der Waals surface area contributed by atoms with Gasteiger partial charge in [0.05, 0.1) is 6.04 Å². The SMILES string of the molecule is CCN(C(=O)c1ccc(=O)n(C(C)C)n1)c1ccccc1. The highest BCUT2D eigenvalue weighted by molar-refractivity contribution is 6.04. The first-order valence-corrected chi connectivity index (χ1v) is 7.01. The van der Waals surface area contributed by atoms with E-state index in [1.165, 1.54) is 16.8 Å². The molecule has 5 heteroatoms. The zero-order valence-electron chi connectivity index (χ0n) is 12.5. The van der Waals surface area contributed by atoms with Crippen molar-refractivity contribution >= 4 is 11.6 Å². The van der Waals surface area contributed by atoms with E-state index in [1.54, 1.807) is 4.90 Å². The molecule has 0 aliphatic heterocycles. The Labute approximate surface area is 123 Å². The van der Waals surface area contributed by atoms with Gasteiger partial charge in [0.1, 0.15) is 5.69 Å². The minimum absolute atomic E-state index is 0.0861. The standard InChI is InChI=1S/C16H19N3O2/c1-4-18(13-8-6-5-7-9-13)16(21)14-10-11-15(20)19(17-14)12(2)3/h5-12H,4H2,1-3H3. The first kappa shape index (κ1) is 15.0. The van der Waals surface area contributed by atoms with Crippen LogP contribution in [0.1, 0.15) is 37.3 Å². The van der Waals surface area contributed by atoms with Crippen LogP contribution < -0.4 is 10.5 Å². The molecule has 0 radical (unpaired) electrons. The van der Waals surface area contributed by atoms with Crippen molar-refractivity contribution in [2.75, 3.05) is 11.4 Å². The Hall–Kier alpha value is -2.43. The summed E-state index contributed by atoms with van der Waals surface area (Å²) in [6.45, 7) is 6.16. The number of benzene rings is 1. The van der Waals surface area contributed by atoms with Gasteiger partial charge in [-0.1, -0.05) is 18.2 Å². The molecule has 1 amide bonds. The molecule has 1 aromatic heterocycles. The van der Waals surface area contributed by atoms with Crippen LogP contribution in [0.5, 0.6) is 0 Å². The van der Waals surface area contributed by atoms with E-state index >= 15 is 0 Å². The van der Waals surface area contributed by atoms with Gasteiger partial charge in [0, 0.05) is 18.3 Å². The Morgan fingerprint density at radius 1 is 1.19 bits per heavy atom. The molecule has 0 aliphatic carbocycles. The fourth-order valence-corrected chi connectivity index (χ4v) is 2.10. The van der Waals surface area contributed by atoms with Crippen molar-refractivity contribution in [3.05, 3.63) is 58.5 Å². The fourth-order valence-electron chi connectivity index (χ4n) is 2.10. The molecule has 1 aromatic carbocycles. The van der Waals surface area contributed by atoms with Crippen molar-refractivity contribution in [1.82, 2.24) is 9.78 Å². The summed E-state index contributed by atoms with van der Waals surface area (Å²) in [5, 5.41) is 4.18. The van der Waals surface area contributed by atoms with Crippen molar-refractivity contribution in [2.24, 2.45) is 0 Å². The second-order valence-corrected chi connectivity index (χ2v) is 4.98. The van der Waals surface area contributed by atoms with Crippen LogP contribution in [-0.2, 0) is 0 Å². The molecule has 1 heterocycles. The third-order valence-electron chi connectivity index (χ3n) is 3.16. The zero-order valence-corrected chi connectivity index (χ0v) is 12.5. The van der Waals surface area contributed by atoms with E-state index in [1.807, 2.05) is 51.1 Å². The Balaban J connectivity index is 2.39. The molecular weight excluding hydrogens is 266 g/mol. The van der Waals surface area contributed by atoms with Gasteiger partial charge in [0.25, 0.3) is 11.5 Å². The molecule has 0 N–H and O–H groups in total. The van der Waals surface area contributed by atoms with Crippen molar-refractivity contribution in [3.63, 3.8) is 0 Å². The lowest BCUT2D eigenvalue weighted by Crippen LogP contribution is -2.34. The summed E-state index contributed by atoms with van der Waals surface area (Å²) in [5.74, 6) is -0.210. The second kappa shape index (κ2) is 6.35. The van der Waals surface area contributed by atoms with E-state index < -0.39 is 0 Å². The normalized spacial score (nSPS) is 10.7. The van der Waals surface area contributed by atoms with Gasteiger partial charge in [-0.3, -0.25) is 9.59 Å². The molecule has 0 atom stereocenters. The van der Waals surface area contributed by atoms with Gasteiger partial charge in [-0.2, -0.15) is 5.10 Å². The van der Waals surface area contributed by atoms with Gasteiger partial charge in [-0.15, -0.1) is 0 Å². The zero-order chi connectivity index (χ0) is 15.4. The number of rotatable bonds is 4. The minimum atomic E-state index is -0.210. The Morgan fingerprint density at radius 3 is 2.43 bits per heavy atom. The quantitative estimate of drug-likeness (QED) is 0.867. The Kier molecular flexibility index (Phi) is 4.52.